The van der Waals surface area contributed by atoms with Crippen molar-refractivity contribution in [1.29, 1.82) is 0 Å². The van der Waals surface area contributed by atoms with Crippen LogP contribution in [0.4, 0.5) is 0 Å². The summed E-state index contributed by atoms with van der Waals surface area (Å²) in [7, 11) is 0. The summed E-state index contributed by atoms with van der Waals surface area (Å²) in [5.41, 5.74) is 2.21. The van der Waals surface area contributed by atoms with E-state index in [0.29, 0.717) is 6.04 Å². The molecule has 108 valence electrons. The Morgan fingerprint density at radius 2 is 1.90 bits per heavy atom. The molecule has 0 radical (unpaired) electrons. The fourth-order valence-corrected chi connectivity index (χ4v) is 2.41. The van der Waals surface area contributed by atoms with Crippen LogP contribution in [0, 0.1) is 6.92 Å². The van der Waals surface area contributed by atoms with Gasteiger partial charge in [0.05, 0.1) is 5.69 Å². The third kappa shape index (κ3) is 2.81. The second kappa shape index (κ2) is 5.66. The molecule has 1 aromatic carbocycles. The second-order valence-electron chi connectivity index (χ2n) is 5.59. The van der Waals surface area contributed by atoms with Crippen molar-refractivity contribution in [3.8, 4) is 5.82 Å². The Morgan fingerprint density at radius 1 is 1.14 bits per heavy atom. The minimum Gasteiger partial charge on any atom is -0.310 e. The van der Waals surface area contributed by atoms with Crippen molar-refractivity contribution in [2.24, 2.45) is 0 Å². The highest BCUT2D eigenvalue weighted by Gasteiger charge is 2.09. The number of benzene rings is 1. The molecule has 4 heteroatoms. The molecule has 0 aliphatic rings. The van der Waals surface area contributed by atoms with Gasteiger partial charge >= 0.3 is 0 Å². The van der Waals surface area contributed by atoms with Crippen LogP contribution in [-0.2, 0) is 6.54 Å². The monoisotopic (exact) mass is 280 g/mol. The third-order valence-electron chi connectivity index (χ3n) is 3.50. The molecule has 0 bridgehead atoms. The van der Waals surface area contributed by atoms with Gasteiger partial charge in [-0.25, -0.2) is 9.67 Å². The average molecular weight is 280 g/mol. The number of hydrogen-bond donors (Lipinski definition) is 1. The largest absolute Gasteiger partial charge is 0.310 e. The number of aryl methyl sites for hydroxylation is 1. The normalized spacial score (nSPS) is 11.4. The first-order valence-corrected chi connectivity index (χ1v) is 7.28. The highest BCUT2D eigenvalue weighted by molar-refractivity contribution is 5.90. The van der Waals surface area contributed by atoms with Crippen LogP contribution in [0.1, 0.15) is 25.1 Å². The van der Waals surface area contributed by atoms with Gasteiger partial charge in [0, 0.05) is 30.4 Å². The van der Waals surface area contributed by atoms with Gasteiger partial charge in [0.1, 0.15) is 0 Å². The van der Waals surface area contributed by atoms with E-state index in [1.807, 2.05) is 36.1 Å². The summed E-state index contributed by atoms with van der Waals surface area (Å²) < 4.78 is 1.84. The molecule has 0 aliphatic heterocycles. The number of rotatable bonds is 4. The molecule has 4 nitrogen and oxygen atoms in total. The molecule has 0 amide bonds. The first-order valence-electron chi connectivity index (χ1n) is 7.28. The summed E-state index contributed by atoms with van der Waals surface area (Å²) in [5.74, 6) is 0.881. The molecular weight excluding hydrogens is 260 g/mol. The number of fused-ring (bicyclic) bond motifs is 1. The van der Waals surface area contributed by atoms with Gasteiger partial charge in [-0.2, -0.15) is 5.10 Å². The van der Waals surface area contributed by atoms with Crippen LogP contribution in [-0.4, -0.2) is 20.8 Å². The zero-order valence-corrected chi connectivity index (χ0v) is 12.7. The van der Waals surface area contributed by atoms with E-state index in [2.05, 4.69) is 47.4 Å². The van der Waals surface area contributed by atoms with Crippen LogP contribution in [0.25, 0.3) is 16.6 Å². The SMILES string of the molecule is Cc1ccn(-c2ncc(CNC(C)C)c3ccccc23)n1. The number of aromatic nitrogens is 3. The Morgan fingerprint density at radius 3 is 2.57 bits per heavy atom. The first kappa shape index (κ1) is 13.8. The molecule has 0 fully saturated rings. The van der Waals surface area contributed by atoms with E-state index < -0.39 is 0 Å². The van der Waals surface area contributed by atoms with Gasteiger partial charge in [-0.15, -0.1) is 0 Å². The van der Waals surface area contributed by atoms with Gasteiger partial charge in [0.2, 0.25) is 0 Å². The summed E-state index contributed by atoms with van der Waals surface area (Å²) in [6.45, 7) is 7.11. The molecule has 21 heavy (non-hydrogen) atoms. The van der Waals surface area contributed by atoms with E-state index in [-0.39, 0.29) is 0 Å². The minimum atomic E-state index is 0.456. The maximum atomic E-state index is 4.63. The molecule has 2 heterocycles. The van der Waals surface area contributed by atoms with Crippen molar-refractivity contribution in [2.45, 2.75) is 33.4 Å². The van der Waals surface area contributed by atoms with Crippen molar-refractivity contribution >= 4 is 10.8 Å². The smallest absolute Gasteiger partial charge is 0.161 e. The Kier molecular flexibility index (Phi) is 3.71. The summed E-state index contributed by atoms with van der Waals surface area (Å²) >= 11 is 0. The second-order valence-corrected chi connectivity index (χ2v) is 5.59. The summed E-state index contributed by atoms with van der Waals surface area (Å²) in [6.07, 6.45) is 3.90. The topological polar surface area (TPSA) is 42.7 Å². The van der Waals surface area contributed by atoms with Crippen molar-refractivity contribution < 1.29 is 0 Å². The summed E-state index contributed by atoms with van der Waals surface area (Å²) in [5, 5.41) is 10.3. The Bertz CT molecular complexity index is 758. The van der Waals surface area contributed by atoms with Crippen molar-refractivity contribution in [1.82, 2.24) is 20.1 Å². The zero-order valence-electron chi connectivity index (χ0n) is 12.7. The summed E-state index contributed by atoms with van der Waals surface area (Å²) in [4.78, 5) is 4.63. The number of hydrogen-bond acceptors (Lipinski definition) is 3. The van der Waals surface area contributed by atoms with Crippen LogP contribution in [0.3, 0.4) is 0 Å². The predicted octanol–water partition coefficient (Wildman–Crippen LogP) is 3.23. The molecular formula is C17H20N4. The van der Waals surface area contributed by atoms with Gasteiger partial charge in [-0.3, -0.25) is 0 Å². The zero-order chi connectivity index (χ0) is 14.8. The van der Waals surface area contributed by atoms with E-state index in [0.717, 1.165) is 23.4 Å². The van der Waals surface area contributed by atoms with Gasteiger partial charge in [-0.05, 0) is 23.9 Å². The molecule has 3 rings (SSSR count). The lowest BCUT2D eigenvalue weighted by atomic mass is 10.1. The molecule has 1 N–H and O–H groups in total. The quantitative estimate of drug-likeness (QED) is 0.798. The molecule has 0 spiro atoms. The van der Waals surface area contributed by atoms with Gasteiger partial charge in [0.15, 0.2) is 5.82 Å². The molecule has 2 aromatic heterocycles. The van der Waals surface area contributed by atoms with Crippen LogP contribution in [0.2, 0.25) is 0 Å². The lowest BCUT2D eigenvalue weighted by Gasteiger charge is -2.12. The summed E-state index contributed by atoms with van der Waals surface area (Å²) in [6, 6.07) is 10.8. The Hall–Kier alpha value is -2.20. The Labute approximate surface area is 124 Å². The maximum Gasteiger partial charge on any atom is 0.161 e. The van der Waals surface area contributed by atoms with Crippen molar-refractivity contribution in [3.05, 3.63) is 54.0 Å². The fraction of sp³-hybridized carbons (Fsp3) is 0.294. The predicted molar refractivity (Wildman–Crippen MR) is 85.6 cm³/mol. The van der Waals surface area contributed by atoms with Crippen LogP contribution in [0.5, 0.6) is 0 Å². The van der Waals surface area contributed by atoms with E-state index in [1.54, 1.807) is 0 Å². The number of nitrogens with zero attached hydrogens (tertiary/aromatic N) is 3. The first-order chi connectivity index (χ1) is 10.1. The van der Waals surface area contributed by atoms with E-state index in [4.69, 9.17) is 0 Å². The standard InChI is InChI=1S/C17H20N4/c1-12(2)18-10-14-11-19-17(21-9-8-13(3)20-21)16-7-5-4-6-15(14)16/h4-9,11-12,18H,10H2,1-3H3. The van der Waals surface area contributed by atoms with E-state index in [9.17, 15) is 0 Å². The third-order valence-corrected chi connectivity index (χ3v) is 3.50. The van der Waals surface area contributed by atoms with E-state index in [1.165, 1.54) is 10.9 Å². The van der Waals surface area contributed by atoms with Crippen LogP contribution in [0.15, 0.2) is 42.7 Å². The van der Waals surface area contributed by atoms with Crippen molar-refractivity contribution in [3.63, 3.8) is 0 Å². The molecule has 0 aliphatic carbocycles. The van der Waals surface area contributed by atoms with Crippen molar-refractivity contribution in [2.75, 3.05) is 0 Å². The highest BCUT2D eigenvalue weighted by atomic mass is 15.3. The number of nitrogens with one attached hydrogen (secondary N) is 1. The van der Waals surface area contributed by atoms with Crippen LogP contribution < -0.4 is 5.32 Å². The number of pyridine rings is 1. The van der Waals surface area contributed by atoms with Gasteiger partial charge < -0.3 is 5.32 Å². The lowest BCUT2D eigenvalue weighted by Crippen LogP contribution is -2.22. The van der Waals surface area contributed by atoms with Crippen LogP contribution >= 0.6 is 0 Å². The average Bonchev–Trinajstić information content (AvgIpc) is 2.91. The molecule has 0 saturated heterocycles. The molecule has 0 saturated carbocycles. The molecule has 0 atom stereocenters. The minimum absolute atomic E-state index is 0.456. The molecule has 3 aromatic rings. The fourth-order valence-electron chi connectivity index (χ4n) is 2.41. The van der Waals surface area contributed by atoms with Gasteiger partial charge in [-0.1, -0.05) is 38.1 Å². The Balaban J connectivity index is 2.10. The lowest BCUT2D eigenvalue weighted by molar-refractivity contribution is 0.590. The van der Waals surface area contributed by atoms with E-state index >= 15 is 0 Å². The molecule has 0 unspecified atom stereocenters. The van der Waals surface area contributed by atoms with Gasteiger partial charge in [0.25, 0.3) is 0 Å². The highest BCUT2D eigenvalue weighted by Crippen LogP contribution is 2.23. The maximum absolute atomic E-state index is 4.63.